The van der Waals surface area contributed by atoms with E-state index in [4.69, 9.17) is 9.47 Å². The fourth-order valence-electron chi connectivity index (χ4n) is 3.03. The topological polar surface area (TPSA) is 72.9 Å². The van der Waals surface area contributed by atoms with Crippen LogP contribution >= 0.6 is 0 Å². The molecule has 6 nitrogen and oxygen atoms in total. The molecule has 1 aliphatic heterocycles. The molecule has 1 atom stereocenters. The lowest BCUT2D eigenvalue weighted by Gasteiger charge is -2.29. The minimum atomic E-state index is -0.937. The minimum Gasteiger partial charge on any atom is -0.449 e. The van der Waals surface area contributed by atoms with Crippen LogP contribution in [0, 0.1) is 6.92 Å². The number of esters is 1. The number of carbonyl (C=O) groups is 3. The molecule has 1 saturated heterocycles. The monoisotopic (exact) mass is 381 g/mol. The summed E-state index contributed by atoms with van der Waals surface area (Å²) in [4.78, 5) is 39.6. The van der Waals surface area contributed by atoms with E-state index in [0.29, 0.717) is 31.9 Å². The number of rotatable bonds is 5. The Bertz CT molecular complexity index is 869. The normalized spacial score (nSPS) is 15.0. The number of hydrogen-bond acceptors (Lipinski definition) is 5. The number of amides is 1. The van der Waals surface area contributed by atoms with Gasteiger partial charge in [0.25, 0.3) is 5.91 Å². The first-order valence-corrected chi connectivity index (χ1v) is 9.25. The third-order valence-electron chi connectivity index (χ3n) is 4.66. The quantitative estimate of drug-likeness (QED) is 0.588. The van der Waals surface area contributed by atoms with E-state index in [1.54, 1.807) is 42.2 Å². The fourth-order valence-corrected chi connectivity index (χ4v) is 3.03. The molecule has 1 heterocycles. The van der Waals surface area contributed by atoms with Gasteiger partial charge in [0.15, 0.2) is 11.9 Å². The van der Waals surface area contributed by atoms with E-state index in [9.17, 15) is 14.4 Å². The van der Waals surface area contributed by atoms with Gasteiger partial charge in [0, 0.05) is 24.2 Å². The average molecular weight is 381 g/mol. The van der Waals surface area contributed by atoms with Crippen LogP contribution in [0.2, 0.25) is 0 Å². The standard InChI is InChI=1S/C22H23NO5/c1-15-7-9-17(10-8-15)20(24)18-5-3-4-6-19(18)22(26)28-16(2)21(25)23-11-13-27-14-12-23/h3-10,16H,11-14H2,1-2H3. The van der Waals surface area contributed by atoms with Crippen LogP contribution < -0.4 is 0 Å². The van der Waals surface area contributed by atoms with Gasteiger partial charge in [-0.3, -0.25) is 9.59 Å². The van der Waals surface area contributed by atoms with Gasteiger partial charge in [-0.2, -0.15) is 0 Å². The molecule has 6 heteroatoms. The zero-order valence-electron chi connectivity index (χ0n) is 16.0. The van der Waals surface area contributed by atoms with E-state index < -0.39 is 12.1 Å². The van der Waals surface area contributed by atoms with Gasteiger partial charge in [0.2, 0.25) is 0 Å². The largest absolute Gasteiger partial charge is 0.449 e. The van der Waals surface area contributed by atoms with Crippen molar-refractivity contribution in [3.05, 3.63) is 70.8 Å². The molecular formula is C22H23NO5. The summed E-state index contributed by atoms with van der Waals surface area (Å²) in [6.45, 7) is 5.37. The molecule has 3 rings (SSSR count). The van der Waals surface area contributed by atoms with Gasteiger partial charge in [0.05, 0.1) is 18.8 Å². The fraction of sp³-hybridized carbons (Fsp3) is 0.318. The first kappa shape index (κ1) is 19.8. The maximum absolute atomic E-state index is 12.9. The summed E-state index contributed by atoms with van der Waals surface area (Å²) in [6.07, 6.45) is -0.937. The Hall–Kier alpha value is -2.99. The smallest absolute Gasteiger partial charge is 0.339 e. The third kappa shape index (κ3) is 4.46. The molecule has 2 aromatic carbocycles. The predicted molar refractivity (Wildman–Crippen MR) is 103 cm³/mol. The second kappa shape index (κ2) is 8.80. The van der Waals surface area contributed by atoms with E-state index in [1.807, 2.05) is 19.1 Å². The van der Waals surface area contributed by atoms with E-state index >= 15 is 0 Å². The van der Waals surface area contributed by atoms with Crippen molar-refractivity contribution < 1.29 is 23.9 Å². The zero-order valence-corrected chi connectivity index (χ0v) is 16.0. The molecule has 0 saturated carbocycles. The van der Waals surface area contributed by atoms with Crippen molar-refractivity contribution in [2.45, 2.75) is 20.0 Å². The molecule has 0 bridgehead atoms. The molecule has 0 N–H and O–H groups in total. The Morgan fingerprint density at radius 3 is 2.21 bits per heavy atom. The molecule has 1 aliphatic rings. The number of morpholine rings is 1. The number of hydrogen-bond donors (Lipinski definition) is 0. The van der Waals surface area contributed by atoms with Crippen LogP contribution in [0.25, 0.3) is 0 Å². The van der Waals surface area contributed by atoms with Crippen LogP contribution in [0.1, 0.15) is 38.8 Å². The summed E-state index contributed by atoms with van der Waals surface area (Å²) >= 11 is 0. The highest BCUT2D eigenvalue weighted by molar-refractivity contribution is 6.14. The Kier molecular flexibility index (Phi) is 6.21. The highest BCUT2D eigenvalue weighted by Gasteiger charge is 2.27. The summed E-state index contributed by atoms with van der Waals surface area (Å²) < 4.78 is 10.6. The lowest BCUT2D eigenvalue weighted by molar-refractivity contribution is -0.143. The van der Waals surface area contributed by atoms with Crippen LogP contribution in [-0.2, 0) is 14.3 Å². The van der Waals surface area contributed by atoms with Crippen LogP contribution in [0.15, 0.2) is 48.5 Å². The van der Waals surface area contributed by atoms with Crippen LogP contribution in [-0.4, -0.2) is 55.0 Å². The summed E-state index contributed by atoms with van der Waals surface area (Å²) in [5.41, 5.74) is 1.93. The molecule has 146 valence electrons. The maximum atomic E-state index is 12.9. The number of ether oxygens (including phenoxy) is 2. The molecular weight excluding hydrogens is 358 g/mol. The Labute approximate surface area is 164 Å². The second-order valence-electron chi connectivity index (χ2n) is 6.73. The molecule has 0 radical (unpaired) electrons. The lowest BCUT2D eigenvalue weighted by Crippen LogP contribution is -2.46. The first-order valence-electron chi connectivity index (χ1n) is 9.25. The van der Waals surface area contributed by atoms with Gasteiger partial charge in [-0.25, -0.2) is 4.79 Å². The molecule has 1 unspecified atom stereocenters. The summed E-state index contributed by atoms with van der Waals surface area (Å²) in [6, 6.07) is 13.6. The van der Waals surface area contributed by atoms with Gasteiger partial charge in [-0.05, 0) is 19.9 Å². The average Bonchev–Trinajstić information content (AvgIpc) is 2.73. The highest BCUT2D eigenvalue weighted by Crippen LogP contribution is 2.17. The van der Waals surface area contributed by atoms with E-state index in [1.165, 1.54) is 6.07 Å². The third-order valence-corrected chi connectivity index (χ3v) is 4.66. The van der Waals surface area contributed by atoms with Crippen molar-refractivity contribution in [3.8, 4) is 0 Å². The predicted octanol–water partition coefficient (Wildman–Crippen LogP) is 2.63. The van der Waals surface area contributed by atoms with E-state index in [0.717, 1.165) is 5.56 Å². The highest BCUT2D eigenvalue weighted by atomic mass is 16.5. The molecule has 0 spiro atoms. The molecule has 1 fully saturated rings. The van der Waals surface area contributed by atoms with Gasteiger partial charge in [-0.15, -0.1) is 0 Å². The van der Waals surface area contributed by atoms with Crippen molar-refractivity contribution in [1.29, 1.82) is 0 Å². The van der Waals surface area contributed by atoms with Crippen molar-refractivity contribution in [1.82, 2.24) is 4.90 Å². The molecule has 28 heavy (non-hydrogen) atoms. The van der Waals surface area contributed by atoms with Gasteiger partial charge in [0.1, 0.15) is 0 Å². The van der Waals surface area contributed by atoms with E-state index in [-0.39, 0.29) is 22.8 Å². The lowest BCUT2D eigenvalue weighted by atomic mass is 9.98. The van der Waals surface area contributed by atoms with Gasteiger partial charge >= 0.3 is 5.97 Å². The number of benzene rings is 2. The van der Waals surface area contributed by atoms with Crippen molar-refractivity contribution >= 4 is 17.7 Å². The Morgan fingerprint density at radius 1 is 0.964 bits per heavy atom. The number of aryl methyl sites for hydroxylation is 1. The van der Waals surface area contributed by atoms with Crippen LogP contribution in [0.3, 0.4) is 0 Å². The molecule has 0 aliphatic carbocycles. The van der Waals surface area contributed by atoms with Crippen molar-refractivity contribution in [3.63, 3.8) is 0 Å². The summed E-state index contributed by atoms with van der Waals surface area (Å²) in [7, 11) is 0. The summed E-state index contributed by atoms with van der Waals surface area (Å²) in [5, 5.41) is 0. The first-order chi connectivity index (χ1) is 13.5. The molecule has 1 amide bonds. The number of ketones is 1. The maximum Gasteiger partial charge on any atom is 0.339 e. The van der Waals surface area contributed by atoms with Crippen LogP contribution in [0.4, 0.5) is 0 Å². The van der Waals surface area contributed by atoms with Crippen molar-refractivity contribution in [2.24, 2.45) is 0 Å². The van der Waals surface area contributed by atoms with Crippen LogP contribution in [0.5, 0.6) is 0 Å². The SMILES string of the molecule is Cc1ccc(C(=O)c2ccccc2C(=O)OC(C)C(=O)N2CCOCC2)cc1. The molecule has 2 aromatic rings. The van der Waals surface area contributed by atoms with Crippen molar-refractivity contribution in [2.75, 3.05) is 26.3 Å². The Balaban J connectivity index is 1.76. The van der Waals surface area contributed by atoms with Gasteiger partial charge < -0.3 is 14.4 Å². The number of carbonyl (C=O) groups excluding carboxylic acids is 3. The summed E-state index contributed by atoms with van der Waals surface area (Å²) in [5.74, 6) is -1.22. The minimum absolute atomic E-state index is 0.148. The molecule has 0 aromatic heterocycles. The van der Waals surface area contributed by atoms with E-state index in [2.05, 4.69) is 0 Å². The second-order valence-corrected chi connectivity index (χ2v) is 6.73. The zero-order chi connectivity index (χ0) is 20.1. The number of nitrogens with zero attached hydrogens (tertiary/aromatic N) is 1. The van der Waals surface area contributed by atoms with Gasteiger partial charge in [-0.1, -0.05) is 48.0 Å². The Morgan fingerprint density at radius 2 is 1.57 bits per heavy atom.